The Morgan fingerprint density at radius 2 is 1.76 bits per heavy atom. The number of benzene rings is 2. The summed E-state index contributed by atoms with van der Waals surface area (Å²) in [6, 6.07) is 10.6. The van der Waals surface area contributed by atoms with E-state index in [1.807, 2.05) is 0 Å². The van der Waals surface area contributed by atoms with Crippen molar-refractivity contribution in [3.8, 4) is 11.1 Å². The third kappa shape index (κ3) is 2.60. The summed E-state index contributed by atoms with van der Waals surface area (Å²) in [5.41, 5.74) is 6.89. The number of hydrazine groups is 1. The Morgan fingerprint density at radius 3 is 2.47 bits per heavy atom. The summed E-state index contributed by atoms with van der Waals surface area (Å²) in [7, 11) is 1.67. The van der Waals surface area contributed by atoms with Gasteiger partial charge in [-0.25, -0.2) is 14.2 Å². The number of anilines is 1. The van der Waals surface area contributed by atoms with Gasteiger partial charge in [0.05, 0.1) is 5.69 Å². The first kappa shape index (κ1) is 11.5. The van der Waals surface area contributed by atoms with Gasteiger partial charge in [-0.05, 0) is 29.8 Å². The Kier molecular flexibility index (Phi) is 3.35. The van der Waals surface area contributed by atoms with Crippen molar-refractivity contribution in [2.75, 3.05) is 12.5 Å². The van der Waals surface area contributed by atoms with Crippen LogP contribution in [-0.4, -0.2) is 7.05 Å². The minimum atomic E-state index is -0.413. The van der Waals surface area contributed by atoms with Crippen LogP contribution in [0.4, 0.5) is 14.5 Å². The van der Waals surface area contributed by atoms with E-state index in [9.17, 15) is 8.78 Å². The summed E-state index contributed by atoms with van der Waals surface area (Å²) in [5, 5.41) is 0. The number of nitrogens with one attached hydrogen (secondary N) is 2. The fourth-order valence-corrected chi connectivity index (χ4v) is 1.66. The predicted octanol–water partition coefficient (Wildman–Crippen LogP) is 3.18. The molecule has 0 spiro atoms. The first-order valence-electron chi connectivity index (χ1n) is 5.19. The second-order valence-electron chi connectivity index (χ2n) is 3.58. The van der Waals surface area contributed by atoms with Gasteiger partial charge < -0.3 is 5.43 Å². The van der Waals surface area contributed by atoms with Crippen LogP contribution in [0.5, 0.6) is 0 Å². The summed E-state index contributed by atoms with van der Waals surface area (Å²) in [4.78, 5) is 0. The van der Waals surface area contributed by atoms with Gasteiger partial charge in [0.15, 0.2) is 0 Å². The molecule has 0 radical (unpaired) electrons. The molecule has 2 aromatic rings. The van der Waals surface area contributed by atoms with Crippen LogP contribution in [-0.2, 0) is 0 Å². The molecule has 0 heterocycles. The maximum atomic E-state index is 13.6. The van der Waals surface area contributed by atoms with Gasteiger partial charge >= 0.3 is 0 Å². The largest absolute Gasteiger partial charge is 0.322 e. The lowest BCUT2D eigenvalue weighted by atomic mass is 10.0. The first-order valence-corrected chi connectivity index (χ1v) is 5.19. The SMILES string of the molecule is CNNc1cc(F)cc(-c2ccccc2F)c1. The maximum Gasteiger partial charge on any atom is 0.131 e. The lowest BCUT2D eigenvalue weighted by molar-refractivity contribution is 0.625. The molecule has 2 N–H and O–H groups in total. The van der Waals surface area contributed by atoms with Crippen molar-refractivity contribution in [1.29, 1.82) is 0 Å². The molecule has 0 fully saturated rings. The monoisotopic (exact) mass is 234 g/mol. The second-order valence-corrected chi connectivity index (χ2v) is 3.58. The van der Waals surface area contributed by atoms with E-state index in [0.717, 1.165) is 0 Å². The predicted molar refractivity (Wildman–Crippen MR) is 64.5 cm³/mol. The van der Waals surface area contributed by atoms with Gasteiger partial charge in [0.2, 0.25) is 0 Å². The standard InChI is InChI=1S/C13H12F2N2/c1-16-17-11-7-9(6-10(14)8-11)12-4-2-3-5-13(12)15/h2-8,16-17H,1H3. The fourth-order valence-electron chi connectivity index (χ4n) is 1.66. The van der Waals surface area contributed by atoms with Crippen LogP contribution in [0.25, 0.3) is 11.1 Å². The zero-order valence-electron chi connectivity index (χ0n) is 9.30. The topological polar surface area (TPSA) is 24.1 Å². The van der Waals surface area contributed by atoms with Gasteiger partial charge in [-0.2, -0.15) is 0 Å². The van der Waals surface area contributed by atoms with Crippen molar-refractivity contribution in [2.45, 2.75) is 0 Å². The molecule has 17 heavy (non-hydrogen) atoms. The molecular weight excluding hydrogens is 222 g/mol. The lowest BCUT2D eigenvalue weighted by Gasteiger charge is -2.08. The molecule has 4 heteroatoms. The zero-order chi connectivity index (χ0) is 12.3. The van der Waals surface area contributed by atoms with Crippen molar-refractivity contribution >= 4 is 5.69 Å². The van der Waals surface area contributed by atoms with Crippen molar-refractivity contribution in [3.63, 3.8) is 0 Å². The molecule has 2 aromatic carbocycles. The summed E-state index contributed by atoms with van der Waals surface area (Å²) < 4.78 is 26.9. The quantitative estimate of drug-likeness (QED) is 0.797. The molecule has 0 saturated carbocycles. The minimum Gasteiger partial charge on any atom is -0.322 e. The van der Waals surface area contributed by atoms with Crippen LogP contribution in [0.15, 0.2) is 42.5 Å². The molecule has 2 nitrogen and oxygen atoms in total. The van der Waals surface area contributed by atoms with E-state index in [0.29, 0.717) is 16.8 Å². The zero-order valence-corrected chi connectivity index (χ0v) is 9.30. The minimum absolute atomic E-state index is 0.367. The highest BCUT2D eigenvalue weighted by atomic mass is 19.1. The summed E-state index contributed by atoms with van der Waals surface area (Å²) in [5.74, 6) is -0.781. The van der Waals surface area contributed by atoms with Crippen molar-refractivity contribution in [1.82, 2.24) is 5.43 Å². The van der Waals surface area contributed by atoms with Crippen LogP contribution in [0.2, 0.25) is 0 Å². The van der Waals surface area contributed by atoms with E-state index in [-0.39, 0.29) is 5.82 Å². The third-order valence-corrected chi connectivity index (χ3v) is 2.35. The Hall–Kier alpha value is -1.94. The molecule has 0 aromatic heterocycles. The molecule has 0 saturated heterocycles. The van der Waals surface area contributed by atoms with Gasteiger partial charge in [0.25, 0.3) is 0 Å². The van der Waals surface area contributed by atoms with E-state index in [1.165, 1.54) is 18.2 Å². The number of rotatable bonds is 3. The highest BCUT2D eigenvalue weighted by molar-refractivity contribution is 5.68. The van der Waals surface area contributed by atoms with E-state index in [2.05, 4.69) is 10.9 Å². The van der Waals surface area contributed by atoms with Gasteiger partial charge in [-0.1, -0.05) is 18.2 Å². The molecule has 0 aliphatic heterocycles. The highest BCUT2D eigenvalue weighted by Gasteiger charge is 2.06. The molecule has 0 amide bonds. The molecule has 88 valence electrons. The average molecular weight is 234 g/mol. The Balaban J connectivity index is 2.48. The van der Waals surface area contributed by atoms with E-state index in [4.69, 9.17) is 0 Å². The van der Waals surface area contributed by atoms with Crippen molar-refractivity contribution in [2.24, 2.45) is 0 Å². The van der Waals surface area contributed by atoms with Crippen LogP contribution in [0.3, 0.4) is 0 Å². The van der Waals surface area contributed by atoms with Gasteiger partial charge in [0, 0.05) is 12.6 Å². The highest BCUT2D eigenvalue weighted by Crippen LogP contribution is 2.26. The van der Waals surface area contributed by atoms with Crippen LogP contribution in [0, 0.1) is 11.6 Å². The molecule has 0 aliphatic rings. The van der Waals surface area contributed by atoms with Crippen LogP contribution < -0.4 is 10.9 Å². The van der Waals surface area contributed by atoms with Gasteiger partial charge in [-0.15, -0.1) is 0 Å². The number of hydrogen-bond acceptors (Lipinski definition) is 2. The second kappa shape index (κ2) is 4.93. The van der Waals surface area contributed by atoms with Gasteiger partial charge in [-0.3, -0.25) is 0 Å². The average Bonchev–Trinajstić information content (AvgIpc) is 2.29. The van der Waals surface area contributed by atoms with E-state index < -0.39 is 5.82 Å². The molecule has 0 unspecified atom stereocenters. The Labute approximate surface area is 98.3 Å². The molecule has 0 atom stereocenters. The summed E-state index contributed by atoms with van der Waals surface area (Å²) in [6.07, 6.45) is 0. The Morgan fingerprint density at radius 1 is 1.00 bits per heavy atom. The van der Waals surface area contributed by atoms with Crippen molar-refractivity contribution in [3.05, 3.63) is 54.1 Å². The molecule has 0 aliphatic carbocycles. The first-order chi connectivity index (χ1) is 8.20. The Bertz CT molecular complexity index is 527. The van der Waals surface area contributed by atoms with Crippen LogP contribution in [0.1, 0.15) is 0 Å². The molecular formula is C13H12F2N2. The van der Waals surface area contributed by atoms with E-state index in [1.54, 1.807) is 31.3 Å². The van der Waals surface area contributed by atoms with Crippen molar-refractivity contribution < 1.29 is 8.78 Å². The van der Waals surface area contributed by atoms with Crippen LogP contribution >= 0.6 is 0 Å². The fraction of sp³-hybridized carbons (Fsp3) is 0.0769. The summed E-state index contributed by atoms with van der Waals surface area (Å²) >= 11 is 0. The lowest BCUT2D eigenvalue weighted by Crippen LogP contribution is -2.15. The molecule has 0 bridgehead atoms. The summed E-state index contributed by atoms with van der Waals surface area (Å²) in [6.45, 7) is 0. The molecule has 2 rings (SSSR count). The maximum absolute atomic E-state index is 13.6. The normalized spacial score (nSPS) is 10.3. The number of halogens is 2. The third-order valence-electron chi connectivity index (χ3n) is 2.35. The smallest absolute Gasteiger partial charge is 0.131 e. The number of hydrogen-bond donors (Lipinski definition) is 2. The van der Waals surface area contributed by atoms with E-state index >= 15 is 0 Å². The van der Waals surface area contributed by atoms with Gasteiger partial charge in [0.1, 0.15) is 11.6 Å².